The van der Waals surface area contributed by atoms with E-state index in [1.54, 1.807) is 0 Å². The molecule has 5 rings (SSSR count). The number of fused-ring (bicyclic) bond motifs is 2. The second-order valence-corrected chi connectivity index (χ2v) is 7.51. The molecule has 2 nitrogen and oxygen atoms in total. The van der Waals surface area contributed by atoms with E-state index in [4.69, 9.17) is 9.47 Å². The van der Waals surface area contributed by atoms with Gasteiger partial charge in [0.15, 0.2) is 0 Å². The van der Waals surface area contributed by atoms with E-state index in [1.165, 1.54) is 33.4 Å². The van der Waals surface area contributed by atoms with E-state index in [9.17, 15) is 0 Å². The van der Waals surface area contributed by atoms with Gasteiger partial charge in [-0.05, 0) is 37.1 Å². The first-order valence-corrected chi connectivity index (χ1v) is 9.28. The number of ether oxygens (including phenoxy) is 2. The highest BCUT2D eigenvalue weighted by Crippen LogP contribution is 2.45. The fourth-order valence-corrected chi connectivity index (χ4v) is 3.91. The predicted molar refractivity (Wildman–Crippen MR) is 103 cm³/mol. The van der Waals surface area contributed by atoms with Gasteiger partial charge in [0.1, 0.15) is 23.7 Å². The number of rotatable bonds is 2. The van der Waals surface area contributed by atoms with E-state index in [-0.39, 0.29) is 12.2 Å². The Morgan fingerprint density at radius 2 is 1.00 bits per heavy atom. The molecular weight excluding hydrogens is 320 g/mol. The Labute approximate surface area is 154 Å². The lowest BCUT2D eigenvalue weighted by atomic mass is 9.99. The average Bonchev–Trinajstić information content (AvgIpc) is 3.23. The summed E-state index contributed by atoms with van der Waals surface area (Å²) in [4.78, 5) is 0. The van der Waals surface area contributed by atoms with E-state index in [1.807, 2.05) is 0 Å². The quantitative estimate of drug-likeness (QED) is 0.598. The molecule has 2 aliphatic heterocycles. The summed E-state index contributed by atoms with van der Waals surface area (Å²) in [7, 11) is 0. The van der Waals surface area contributed by atoms with Crippen molar-refractivity contribution in [3.63, 3.8) is 0 Å². The van der Waals surface area contributed by atoms with Crippen LogP contribution >= 0.6 is 0 Å². The van der Waals surface area contributed by atoms with Crippen molar-refractivity contribution in [2.75, 3.05) is 0 Å². The van der Waals surface area contributed by atoms with Crippen molar-refractivity contribution in [1.29, 1.82) is 0 Å². The first kappa shape index (κ1) is 15.5. The molecule has 0 unspecified atom stereocenters. The van der Waals surface area contributed by atoms with Gasteiger partial charge in [-0.15, -0.1) is 0 Å². The fraction of sp³-hybridized carbons (Fsp3) is 0.250. The van der Waals surface area contributed by atoms with E-state index < -0.39 is 0 Å². The molecule has 0 N–H and O–H groups in total. The summed E-state index contributed by atoms with van der Waals surface area (Å²) in [6, 6.07) is 21.7. The third-order valence-corrected chi connectivity index (χ3v) is 5.49. The smallest absolute Gasteiger partial charge is 0.128 e. The predicted octanol–water partition coefficient (Wildman–Crippen LogP) is 5.66. The van der Waals surface area contributed by atoms with Gasteiger partial charge in [-0.1, -0.05) is 59.7 Å². The maximum absolute atomic E-state index is 6.26. The third kappa shape index (κ3) is 2.66. The lowest BCUT2D eigenvalue weighted by Gasteiger charge is -2.11. The highest BCUT2D eigenvalue weighted by Gasteiger charge is 2.30. The molecule has 2 heterocycles. The zero-order valence-electron chi connectivity index (χ0n) is 15.2. The number of benzene rings is 3. The molecule has 26 heavy (non-hydrogen) atoms. The zero-order chi connectivity index (χ0) is 17.7. The molecule has 0 spiro atoms. The van der Waals surface area contributed by atoms with Gasteiger partial charge < -0.3 is 9.47 Å². The Balaban J connectivity index is 1.37. The van der Waals surface area contributed by atoms with Gasteiger partial charge in [0.05, 0.1) is 0 Å². The van der Waals surface area contributed by atoms with Crippen molar-refractivity contribution in [1.82, 2.24) is 0 Å². The number of hydrogen-bond donors (Lipinski definition) is 0. The molecule has 0 saturated carbocycles. The molecule has 0 radical (unpaired) electrons. The first-order chi connectivity index (χ1) is 12.7. The van der Waals surface area contributed by atoms with Crippen LogP contribution in [-0.4, -0.2) is 0 Å². The molecule has 130 valence electrons. The van der Waals surface area contributed by atoms with Crippen molar-refractivity contribution < 1.29 is 9.47 Å². The average molecular weight is 342 g/mol. The Hall–Kier alpha value is -2.74. The van der Waals surface area contributed by atoms with Crippen molar-refractivity contribution in [2.45, 2.75) is 38.9 Å². The second kappa shape index (κ2) is 5.91. The SMILES string of the molecule is Cc1ccc([C@H]2Cc3cc4c(cc3O2)C[C@H](c2ccc(C)cc2)O4)cc1. The molecule has 0 amide bonds. The lowest BCUT2D eigenvalue weighted by molar-refractivity contribution is 0.237. The lowest BCUT2D eigenvalue weighted by Crippen LogP contribution is -2.03. The van der Waals surface area contributed by atoms with Crippen LogP contribution in [0.2, 0.25) is 0 Å². The Morgan fingerprint density at radius 1 is 0.615 bits per heavy atom. The van der Waals surface area contributed by atoms with E-state index in [0.717, 1.165) is 24.3 Å². The van der Waals surface area contributed by atoms with Crippen LogP contribution < -0.4 is 9.47 Å². The minimum Gasteiger partial charge on any atom is -0.485 e. The van der Waals surface area contributed by atoms with Crippen LogP contribution in [0, 0.1) is 13.8 Å². The van der Waals surface area contributed by atoms with Gasteiger partial charge in [-0.2, -0.15) is 0 Å². The van der Waals surface area contributed by atoms with Crippen LogP contribution in [0.25, 0.3) is 0 Å². The summed E-state index contributed by atoms with van der Waals surface area (Å²) >= 11 is 0. The largest absolute Gasteiger partial charge is 0.485 e. The summed E-state index contributed by atoms with van der Waals surface area (Å²) < 4.78 is 12.5. The normalized spacial score (nSPS) is 20.2. The second-order valence-electron chi connectivity index (χ2n) is 7.51. The van der Waals surface area contributed by atoms with Crippen LogP contribution in [0.5, 0.6) is 11.5 Å². The maximum Gasteiger partial charge on any atom is 0.128 e. The molecule has 2 atom stereocenters. The molecule has 0 aliphatic carbocycles. The Morgan fingerprint density at radius 3 is 1.38 bits per heavy atom. The van der Waals surface area contributed by atoms with Gasteiger partial charge in [0, 0.05) is 24.0 Å². The third-order valence-electron chi connectivity index (χ3n) is 5.49. The summed E-state index contributed by atoms with van der Waals surface area (Å²) in [5.74, 6) is 2.03. The van der Waals surface area contributed by atoms with Crippen LogP contribution in [0.15, 0.2) is 60.7 Å². The zero-order valence-corrected chi connectivity index (χ0v) is 15.2. The van der Waals surface area contributed by atoms with Crippen molar-refractivity contribution >= 4 is 0 Å². The minimum atomic E-state index is 0.112. The minimum absolute atomic E-state index is 0.112. The Kier molecular flexibility index (Phi) is 3.53. The van der Waals surface area contributed by atoms with Gasteiger partial charge >= 0.3 is 0 Å². The fourth-order valence-electron chi connectivity index (χ4n) is 3.91. The van der Waals surface area contributed by atoms with E-state index in [2.05, 4.69) is 74.5 Å². The van der Waals surface area contributed by atoms with Crippen molar-refractivity contribution in [3.05, 3.63) is 94.0 Å². The van der Waals surface area contributed by atoms with Gasteiger partial charge in [-0.3, -0.25) is 0 Å². The summed E-state index contributed by atoms with van der Waals surface area (Å²) in [6.07, 6.45) is 2.04. The van der Waals surface area contributed by atoms with Crippen LogP contribution in [-0.2, 0) is 12.8 Å². The van der Waals surface area contributed by atoms with E-state index in [0.29, 0.717) is 0 Å². The van der Waals surface area contributed by atoms with Gasteiger partial charge in [0.2, 0.25) is 0 Å². The first-order valence-electron chi connectivity index (χ1n) is 9.28. The van der Waals surface area contributed by atoms with Crippen molar-refractivity contribution in [3.8, 4) is 11.5 Å². The van der Waals surface area contributed by atoms with E-state index >= 15 is 0 Å². The Bertz CT molecular complexity index is 843. The molecule has 0 bridgehead atoms. The van der Waals surface area contributed by atoms with Crippen LogP contribution in [0.3, 0.4) is 0 Å². The van der Waals surface area contributed by atoms with Gasteiger partial charge in [-0.25, -0.2) is 0 Å². The summed E-state index contributed by atoms with van der Waals surface area (Å²) in [5, 5.41) is 0. The molecule has 2 aliphatic rings. The highest BCUT2D eigenvalue weighted by atomic mass is 16.5. The highest BCUT2D eigenvalue weighted by molar-refractivity contribution is 5.52. The van der Waals surface area contributed by atoms with Crippen LogP contribution in [0.4, 0.5) is 0 Å². The van der Waals surface area contributed by atoms with Gasteiger partial charge in [0.25, 0.3) is 0 Å². The molecule has 2 heteroatoms. The summed E-state index contributed by atoms with van der Waals surface area (Å²) in [6.45, 7) is 4.22. The molecule has 3 aromatic rings. The monoisotopic (exact) mass is 342 g/mol. The number of hydrogen-bond acceptors (Lipinski definition) is 2. The molecule has 0 saturated heterocycles. The van der Waals surface area contributed by atoms with Crippen LogP contribution in [0.1, 0.15) is 45.6 Å². The van der Waals surface area contributed by atoms with Crippen molar-refractivity contribution in [2.24, 2.45) is 0 Å². The molecule has 0 aromatic heterocycles. The molecular formula is C24H22O2. The standard InChI is InChI=1S/C24H22O2/c1-15-3-7-17(8-4-15)21-11-19-13-24-20(14-23(19)25-21)12-22(26-24)18-9-5-16(2)6-10-18/h3-10,13-14,21-22H,11-12H2,1-2H3/t21-,22-/m1/s1. The topological polar surface area (TPSA) is 18.5 Å². The molecule has 3 aromatic carbocycles. The summed E-state index contributed by atoms with van der Waals surface area (Å²) in [5.41, 5.74) is 7.53. The number of aryl methyl sites for hydroxylation is 2. The maximum atomic E-state index is 6.26. The molecule has 0 fully saturated rings.